The molecule has 0 bridgehead atoms. The summed E-state index contributed by atoms with van der Waals surface area (Å²) >= 11 is 0. The molecule has 5 aliphatic rings. The van der Waals surface area contributed by atoms with Gasteiger partial charge in [-0.2, -0.15) is 0 Å². The molecule has 0 saturated heterocycles. The van der Waals surface area contributed by atoms with Crippen LogP contribution in [0, 0.1) is 46.3 Å². The summed E-state index contributed by atoms with van der Waals surface area (Å²) in [6.07, 6.45) is 20.4. The molecule has 7 rings (SSSR count). The molecule has 5 heteroatoms. The van der Waals surface area contributed by atoms with E-state index in [1.807, 2.05) is 12.1 Å². The molecular weight excluding hydrogens is 584 g/mol. The standard InChI is InChI=1S/C42H58O5/c1-26(2)8-6-9-27(3)28-12-17-36-35-15-13-29-22-31(18-21-42(29,5)37(35)19-20-41(36,4)24-28)46-39(43)25-45-30-14-16-33-32-10-7-11-34(32)40(44)47-38(33)23-30/h13-14,16,23,26-28,31,35-37H,6-12,15,17-22,24-25H2,1-5H3/t27-,28+,31-,35-,36+,37-,41-,42+/m1/s1. The Hall–Kier alpha value is -2.56. The lowest BCUT2D eigenvalue weighted by molar-refractivity contribution is -0.154. The van der Waals surface area contributed by atoms with Crippen LogP contribution in [0.25, 0.3) is 11.0 Å². The fourth-order valence-corrected chi connectivity index (χ4v) is 11.3. The number of allylic oxidation sites excluding steroid dienone is 1. The Morgan fingerprint density at radius 3 is 2.66 bits per heavy atom. The van der Waals surface area contributed by atoms with Crippen molar-refractivity contribution in [2.75, 3.05) is 6.61 Å². The number of hydrogen-bond acceptors (Lipinski definition) is 5. The van der Waals surface area contributed by atoms with Gasteiger partial charge in [0.1, 0.15) is 17.4 Å². The van der Waals surface area contributed by atoms with Gasteiger partial charge in [0.25, 0.3) is 0 Å². The second-order valence-corrected chi connectivity index (χ2v) is 17.3. The highest BCUT2D eigenvalue weighted by molar-refractivity contribution is 5.83. The number of hydrogen-bond donors (Lipinski definition) is 0. The van der Waals surface area contributed by atoms with Crippen LogP contribution in [0.15, 0.2) is 39.1 Å². The first kappa shape index (κ1) is 33.0. The average molecular weight is 643 g/mol. The minimum Gasteiger partial charge on any atom is -0.482 e. The van der Waals surface area contributed by atoms with Crippen molar-refractivity contribution in [3.63, 3.8) is 0 Å². The van der Waals surface area contributed by atoms with E-state index >= 15 is 0 Å². The van der Waals surface area contributed by atoms with Gasteiger partial charge in [-0.1, -0.05) is 65.5 Å². The molecule has 0 spiro atoms. The highest BCUT2D eigenvalue weighted by atomic mass is 16.6. The van der Waals surface area contributed by atoms with E-state index < -0.39 is 0 Å². The van der Waals surface area contributed by atoms with Gasteiger partial charge in [0.2, 0.25) is 0 Å². The molecule has 2 aromatic rings. The molecule has 0 radical (unpaired) electrons. The fraction of sp³-hybridized carbons (Fsp3) is 0.714. The first-order valence-electron chi connectivity index (χ1n) is 19.1. The summed E-state index contributed by atoms with van der Waals surface area (Å²) < 4.78 is 17.4. The van der Waals surface area contributed by atoms with Crippen molar-refractivity contribution in [2.24, 2.45) is 46.3 Å². The van der Waals surface area contributed by atoms with Gasteiger partial charge in [0.15, 0.2) is 6.61 Å². The van der Waals surface area contributed by atoms with E-state index in [1.165, 1.54) is 63.4 Å². The number of carbonyl (C=O) groups is 1. The summed E-state index contributed by atoms with van der Waals surface area (Å²) in [4.78, 5) is 25.3. The lowest BCUT2D eigenvalue weighted by atomic mass is 9.44. The van der Waals surface area contributed by atoms with E-state index in [-0.39, 0.29) is 29.7 Å². The zero-order valence-corrected chi connectivity index (χ0v) is 29.7. The van der Waals surface area contributed by atoms with Crippen LogP contribution in [0.4, 0.5) is 0 Å². The third-order valence-corrected chi connectivity index (χ3v) is 14.0. The molecule has 1 aromatic carbocycles. The smallest absolute Gasteiger partial charge is 0.344 e. The zero-order chi connectivity index (χ0) is 32.9. The molecule has 8 atom stereocenters. The molecule has 0 unspecified atom stereocenters. The normalized spacial score (nSPS) is 33.7. The highest BCUT2D eigenvalue weighted by Crippen LogP contribution is 2.65. The van der Waals surface area contributed by atoms with Crippen molar-refractivity contribution in [1.82, 2.24) is 0 Å². The van der Waals surface area contributed by atoms with Crippen molar-refractivity contribution in [1.29, 1.82) is 0 Å². The lowest BCUT2D eigenvalue weighted by Gasteiger charge is -2.61. The Kier molecular flexibility index (Phi) is 9.15. The number of aryl methyl sites for hydroxylation is 1. The van der Waals surface area contributed by atoms with E-state index in [1.54, 1.807) is 6.07 Å². The van der Waals surface area contributed by atoms with Gasteiger partial charge in [-0.05, 0) is 135 Å². The van der Waals surface area contributed by atoms with Crippen molar-refractivity contribution in [2.45, 2.75) is 137 Å². The van der Waals surface area contributed by atoms with Crippen molar-refractivity contribution in [3.8, 4) is 5.75 Å². The largest absolute Gasteiger partial charge is 0.482 e. The minimum absolute atomic E-state index is 0.0827. The monoisotopic (exact) mass is 642 g/mol. The van der Waals surface area contributed by atoms with E-state index in [0.29, 0.717) is 16.7 Å². The van der Waals surface area contributed by atoms with E-state index in [4.69, 9.17) is 13.9 Å². The van der Waals surface area contributed by atoms with E-state index in [9.17, 15) is 9.59 Å². The Labute approximate surface area is 282 Å². The molecule has 47 heavy (non-hydrogen) atoms. The topological polar surface area (TPSA) is 65.7 Å². The van der Waals surface area contributed by atoms with Crippen molar-refractivity contribution < 1.29 is 18.7 Å². The molecule has 0 aliphatic heterocycles. The Bertz CT molecular complexity index is 1570. The van der Waals surface area contributed by atoms with Gasteiger partial charge in [0, 0.05) is 23.4 Å². The van der Waals surface area contributed by atoms with Crippen molar-refractivity contribution >= 4 is 16.9 Å². The van der Waals surface area contributed by atoms with E-state index in [2.05, 4.69) is 40.7 Å². The van der Waals surface area contributed by atoms with Crippen LogP contribution in [0.3, 0.4) is 0 Å². The van der Waals surface area contributed by atoms with Gasteiger partial charge in [-0.15, -0.1) is 0 Å². The number of benzene rings is 1. The molecule has 5 aliphatic carbocycles. The maximum absolute atomic E-state index is 12.9. The fourth-order valence-electron chi connectivity index (χ4n) is 11.3. The Morgan fingerprint density at radius 1 is 1.00 bits per heavy atom. The van der Waals surface area contributed by atoms with Gasteiger partial charge in [0.05, 0.1) is 0 Å². The number of fused-ring (bicyclic) bond motifs is 8. The molecule has 0 N–H and O–H groups in total. The maximum Gasteiger partial charge on any atom is 0.344 e. The third kappa shape index (κ3) is 6.34. The second kappa shape index (κ2) is 13.0. The second-order valence-electron chi connectivity index (χ2n) is 17.3. The number of carbonyl (C=O) groups excluding carboxylic acids is 1. The molecule has 0 amide bonds. The van der Waals surface area contributed by atoms with Gasteiger partial charge in [-0.25, -0.2) is 9.59 Å². The summed E-state index contributed by atoms with van der Waals surface area (Å²) in [5.41, 5.74) is 4.46. The highest BCUT2D eigenvalue weighted by Gasteiger charge is 2.56. The molecule has 1 aromatic heterocycles. The summed E-state index contributed by atoms with van der Waals surface area (Å²) in [5, 5.41) is 0.970. The van der Waals surface area contributed by atoms with Crippen molar-refractivity contribution in [3.05, 3.63) is 51.4 Å². The Balaban J connectivity index is 0.940. The average Bonchev–Trinajstić information content (AvgIpc) is 3.54. The molecule has 5 nitrogen and oxygen atoms in total. The van der Waals surface area contributed by atoms with Crippen LogP contribution in [0.5, 0.6) is 5.75 Å². The van der Waals surface area contributed by atoms with Gasteiger partial charge in [-0.3, -0.25) is 0 Å². The SMILES string of the molecule is CC(C)CCC[C@@H](C)[C@H]1CC[C@H]2[C@H]3CC=C4C[C@H](OC(=O)COc5ccc6c7c(c(=O)oc6c5)CCC7)CC[C@]4(C)[C@@H]3CC[C@]2(C)C1. The molecule has 256 valence electrons. The number of ether oxygens (including phenoxy) is 2. The summed E-state index contributed by atoms with van der Waals surface area (Å²) in [5.74, 6) is 5.20. The summed E-state index contributed by atoms with van der Waals surface area (Å²) in [6.45, 7) is 12.3. The molecule has 1 heterocycles. The van der Waals surface area contributed by atoms with Crippen LogP contribution < -0.4 is 10.4 Å². The number of rotatable bonds is 9. The minimum atomic E-state index is -0.327. The lowest BCUT2D eigenvalue weighted by Crippen LogP contribution is -2.52. The van der Waals surface area contributed by atoms with Crippen LogP contribution >= 0.6 is 0 Å². The quantitative estimate of drug-likeness (QED) is 0.155. The number of esters is 1. The van der Waals surface area contributed by atoms with Crippen LogP contribution in [-0.2, 0) is 22.4 Å². The predicted octanol–water partition coefficient (Wildman–Crippen LogP) is 10.0. The molecule has 3 fully saturated rings. The Morgan fingerprint density at radius 2 is 1.83 bits per heavy atom. The first-order chi connectivity index (χ1) is 22.5. The van der Waals surface area contributed by atoms with E-state index in [0.717, 1.165) is 90.5 Å². The zero-order valence-electron chi connectivity index (χ0n) is 29.7. The third-order valence-electron chi connectivity index (χ3n) is 14.0. The maximum atomic E-state index is 12.9. The van der Waals surface area contributed by atoms with Crippen LogP contribution in [0.2, 0.25) is 0 Å². The van der Waals surface area contributed by atoms with Gasteiger partial charge >= 0.3 is 11.6 Å². The first-order valence-corrected chi connectivity index (χ1v) is 19.1. The molecule has 3 saturated carbocycles. The predicted molar refractivity (Wildman–Crippen MR) is 188 cm³/mol. The van der Waals surface area contributed by atoms with Crippen LogP contribution in [0.1, 0.15) is 129 Å². The summed E-state index contributed by atoms with van der Waals surface area (Å²) in [7, 11) is 0. The molecular formula is C42H58O5. The van der Waals surface area contributed by atoms with Gasteiger partial charge < -0.3 is 13.9 Å². The van der Waals surface area contributed by atoms with Crippen LogP contribution in [-0.4, -0.2) is 18.7 Å². The summed E-state index contributed by atoms with van der Waals surface area (Å²) in [6, 6.07) is 5.54.